The number of ether oxygens (including phenoxy) is 1. The lowest BCUT2D eigenvalue weighted by molar-refractivity contribution is -0.141. The highest BCUT2D eigenvalue weighted by Crippen LogP contribution is 2.39. The number of fused-ring (bicyclic) bond motifs is 1. The van der Waals surface area contributed by atoms with Crippen molar-refractivity contribution in [3.63, 3.8) is 0 Å². The summed E-state index contributed by atoms with van der Waals surface area (Å²) in [6.45, 7) is 13.4. The van der Waals surface area contributed by atoms with Crippen molar-refractivity contribution >= 4 is 28.9 Å². The summed E-state index contributed by atoms with van der Waals surface area (Å²) in [5, 5.41) is 10.5. The van der Waals surface area contributed by atoms with E-state index in [4.69, 9.17) is 9.72 Å². The van der Waals surface area contributed by atoms with Gasteiger partial charge in [-0.25, -0.2) is 9.78 Å². The average Bonchev–Trinajstić information content (AvgIpc) is 3.35. The van der Waals surface area contributed by atoms with Crippen LogP contribution in [0.5, 0.6) is 0 Å². The molecule has 0 radical (unpaired) electrons. The van der Waals surface area contributed by atoms with Crippen molar-refractivity contribution in [2.45, 2.75) is 91.8 Å². The minimum absolute atomic E-state index is 0.00522. The van der Waals surface area contributed by atoms with Gasteiger partial charge >= 0.3 is 6.09 Å². The van der Waals surface area contributed by atoms with E-state index in [-0.39, 0.29) is 24.3 Å². The van der Waals surface area contributed by atoms with Crippen LogP contribution >= 0.6 is 0 Å². The standard InChI is InChI=1S/C33H51N5O5/c1-23(2)21-37(31(40)29-34-25-14-8-9-15-26(25)36(29)18-12-13-19-43-6)27-20-24(30(39)35-16-10-7-11-17-35)22-38(32(41)42)28(27)33(3,4)5/h8-9,14-15,23-24,27-28H,7,10-13,16-22H2,1-6H3,(H,41,42)/t24-,27+,28?/m1/s1. The molecule has 2 fully saturated rings. The Balaban J connectivity index is 1.78. The molecule has 1 N–H and O–H groups in total. The van der Waals surface area contributed by atoms with Crippen molar-refractivity contribution in [2.24, 2.45) is 17.3 Å². The number of imidazole rings is 1. The van der Waals surface area contributed by atoms with Gasteiger partial charge in [-0.15, -0.1) is 0 Å². The number of likely N-dealkylation sites (tertiary alicyclic amines) is 2. The minimum Gasteiger partial charge on any atom is -0.465 e. The maximum absolute atomic E-state index is 14.7. The third-order valence-corrected chi connectivity index (χ3v) is 8.84. The van der Waals surface area contributed by atoms with Crippen LogP contribution in [0, 0.1) is 17.3 Å². The van der Waals surface area contributed by atoms with Crippen LogP contribution in [-0.2, 0) is 16.1 Å². The van der Waals surface area contributed by atoms with Crippen LogP contribution in [-0.4, -0.2) is 99.2 Å². The lowest BCUT2D eigenvalue weighted by Crippen LogP contribution is -2.66. The molecule has 1 unspecified atom stereocenters. The number of nitrogens with zero attached hydrogens (tertiary/aromatic N) is 5. The monoisotopic (exact) mass is 597 g/mol. The number of piperidine rings is 2. The molecule has 10 heteroatoms. The number of rotatable bonds is 10. The van der Waals surface area contributed by atoms with E-state index in [1.165, 1.54) is 4.90 Å². The fraction of sp³-hybridized carbons (Fsp3) is 0.697. The maximum Gasteiger partial charge on any atom is 0.407 e. The number of carbonyl (C=O) groups is 3. The zero-order chi connectivity index (χ0) is 31.3. The molecule has 0 spiro atoms. The van der Waals surface area contributed by atoms with Crippen LogP contribution in [0.1, 0.15) is 83.8 Å². The smallest absolute Gasteiger partial charge is 0.407 e. The second-order valence-corrected chi connectivity index (χ2v) is 13.8. The molecule has 2 aliphatic heterocycles. The van der Waals surface area contributed by atoms with Crippen molar-refractivity contribution in [2.75, 3.05) is 39.9 Å². The largest absolute Gasteiger partial charge is 0.465 e. The number of para-hydroxylation sites is 2. The number of aryl methyl sites for hydroxylation is 1. The summed E-state index contributed by atoms with van der Waals surface area (Å²) in [4.78, 5) is 51.4. The minimum atomic E-state index is -1.05. The number of hydrogen-bond donors (Lipinski definition) is 1. The summed E-state index contributed by atoms with van der Waals surface area (Å²) in [7, 11) is 1.69. The van der Waals surface area contributed by atoms with E-state index < -0.39 is 29.5 Å². The first kappa shape index (κ1) is 32.8. The van der Waals surface area contributed by atoms with Crippen LogP contribution in [0.3, 0.4) is 0 Å². The number of benzene rings is 1. The van der Waals surface area contributed by atoms with E-state index in [2.05, 4.69) is 13.8 Å². The first-order valence-electron chi connectivity index (χ1n) is 16.0. The highest BCUT2D eigenvalue weighted by molar-refractivity contribution is 5.95. The van der Waals surface area contributed by atoms with Gasteiger partial charge in [-0.1, -0.05) is 46.8 Å². The second kappa shape index (κ2) is 14.1. The van der Waals surface area contributed by atoms with Gasteiger partial charge in [0.25, 0.3) is 5.91 Å². The highest BCUT2D eigenvalue weighted by Gasteiger charge is 2.50. The molecular weight excluding hydrogens is 546 g/mol. The lowest BCUT2D eigenvalue weighted by atomic mass is 9.74. The van der Waals surface area contributed by atoms with Crippen molar-refractivity contribution in [1.82, 2.24) is 24.3 Å². The summed E-state index contributed by atoms with van der Waals surface area (Å²) in [6.07, 6.45) is 4.09. The van der Waals surface area contributed by atoms with Gasteiger partial charge < -0.3 is 29.1 Å². The molecule has 3 atom stereocenters. The van der Waals surface area contributed by atoms with Crippen LogP contribution in [0.15, 0.2) is 24.3 Å². The maximum atomic E-state index is 14.7. The predicted octanol–water partition coefficient (Wildman–Crippen LogP) is 5.36. The van der Waals surface area contributed by atoms with Gasteiger partial charge in [0.15, 0.2) is 5.82 Å². The Labute approximate surface area is 256 Å². The number of aromatic nitrogens is 2. The van der Waals surface area contributed by atoms with Crippen LogP contribution in [0.4, 0.5) is 4.79 Å². The van der Waals surface area contributed by atoms with Gasteiger partial charge in [0.1, 0.15) is 0 Å². The third-order valence-electron chi connectivity index (χ3n) is 8.84. The molecule has 2 aliphatic rings. The van der Waals surface area contributed by atoms with Crippen LogP contribution in [0.25, 0.3) is 11.0 Å². The normalized spacial score (nSPS) is 21.4. The Kier molecular flexibility index (Phi) is 10.7. The van der Waals surface area contributed by atoms with Gasteiger partial charge in [-0.3, -0.25) is 9.59 Å². The van der Waals surface area contributed by atoms with Gasteiger partial charge in [-0.05, 0) is 62.0 Å². The number of unbranched alkanes of at least 4 members (excludes halogenated alkanes) is 1. The molecular formula is C33H51N5O5. The third kappa shape index (κ3) is 7.51. The number of carboxylic acid groups (broad SMARTS) is 1. The number of methoxy groups -OCH3 is 1. The van der Waals surface area contributed by atoms with Crippen molar-refractivity contribution in [1.29, 1.82) is 0 Å². The molecule has 238 valence electrons. The lowest BCUT2D eigenvalue weighted by Gasteiger charge is -2.52. The van der Waals surface area contributed by atoms with Crippen LogP contribution < -0.4 is 0 Å². The first-order chi connectivity index (χ1) is 20.4. The Morgan fingerprint density at radius 3 is 2.42 bits per heavy atom. The molecule has 0 aliphatic carbocycles. The summed E-state index contributed by atoms with van der Waals surface area (Å²) in [6, 6.07) is 6.80. The molecule has 1 aromatic carbocycles. The van der Waals surface area contributed by atoms with E-state index in [0.29, 0.717) is 45.0 Å². The summed E-state index contributed by atoms with van der Waals surface area (Å²) in [5.74, 6) is -0.232. The molecule has 2 saturated heterocycles. The predicted molar refractivity (Wildman–Crippen MR) is 167 cm³/mol. The number of hydrogen-bond acceptors (Lipinski definition) is 5. The van der Waals surface area contributed by atoms with Crippen LogP contribution in [0.2, 0.25) is 0 Å². The fourth-order valence-corrected chi connectivity index (χ4v) is 7.02. The second-order valence-electron chi connectivity index (χ2n) is 13.8. The molecule has 10 nitrogen and oxygen atoms in total. The Hall–Kier alpha value is -3.14. The van der Waals surface area contributed by atoms with E-state index in [1.54, 1.807) is 7.11 Å². The van der Waals surface area contributed by atoms with E-state index >= 15 is 0 Å². The van der Waals surface area contributed by atoms with Crippen molar-refractivity contribution in [3.8, 4) is 0 Å². The molecule has 2 aromatic rings. The Morgan fingerprint density at radius 1 is 1.09 bits per heavy atom. The first-order valence-corrected chi connectivity index (χ1v) is 16.0. The van der Waals surface area contributed by atoms with Crippen molar-refractivity contribution < 1.29 is 24.2 Å². The molecule has 3 amide bonds. The molecule has 4 rings (SSSR count). The van der Waals surface area contributed by atoms with E-state index in [9.17, 15) is 19.5 Å². The Morgan fingerprint density at radius 2 is 1.79 bits per heavy atom. The average molecular weight is 598 g/mol. The fourth-order valence-electron chi connectivity index (χ4n) is 7.02. The van der Waals surface area contributed by atoms with Gasteiger partial charge in [0.05, 0.1) is 29.0 Å². The zero-order valence-corrected chi connectivity index (χ0v) is 26.9. The van der Waals surface area contributed by atoms with E-state index in [1.807, 2.05) is 59.4 Å². The highest BCUT2D eigenvalue weighted by atomic mass is 16.5. The molecule has 0 bridgehead atoms. The zero-order valence-electron chi connectivity index (χ0n) is 26.9. The number of carbonyl (C=O) groups excluding carboxylic acids is 2. The quantitative estimate of drug-likeness (QED) is 0.370. The molecule has 3 heterocycles. The van der Waals surface area contributed by atoms with E-state index in [0.717, 1.165) is 43.1 Å². The van der Waals surface area contributed by atoms with Gasteiger partial charge in [0.2, 0.25) is 5.91 Å². The van der Waals surface area contributed by atoms with Gasteiger partial charge in [0, 0.05) is 46.4 Å². The summed E-state index contributed by atoms with van der Waals surface area (Å²) in [5.41, 5.74) is 1.18. The topological polar surface area (TPSA) is 108 Å². The molecule has 43 heavy (non-hydrogen) atoms. The molecule has 1 aromatic heterocycles. The van der Waals surface area contributed by atoms with Gasteiger partial charge in [-0.2, -0.15) is 0 Å². The SMILES string of the molecule is COCCCCn1c(C(=O)N(CC(C)C)[C@H]2C[C@@H](C(=O)N3CCCCC3)CN(C(=O)O)C2C(C)(C)C)nc2ccccc21. The molecule has 0 saturated carbocycles. The summed E-state index contributed by atoms with van der Waals surface area (Å²) >= 11 is 0. The number of amides is 3. The Bertz CT molecular complexity index is 1260. The summed E-state index contributed by atoms with van der Waals surface area (Å²) < 4.78 is 7.25. The van der Waals surface area contributed by atoms with Crippen molar-refractivity contribution in [3.05, 3.63) is 30.1 Å².